The van der Waals surface area contributed by atoms with Gasteiger partial charge in [0.05, 0.1) is 10.5 Å². The van der Waals surface area contributed by atoms with Crippen LogP contribution in [0.5, 0.6) is 0 Å². The van der Waals surface area contributed by atoms with Crippen molar-refractivity contribution in [3.05, 3.63) is 0 Å². The Balaban J connectivity index is 2.62. The second-order valence-corrected chi connectivity index (χ2v) is 8.43. The Labute approximate surface area is 93.6 Å². The van der Waals surface area contributed by atoms with Gasteiger partial charge in [0.1, 0.15) is 0 Å². The number of hydrogen-bond donors (Lipinski definition) is 1. The molecule has 90 valence electrons. The van der Waals surface area contributed by atoms with Gasteiger partial charge in [-0.1, -0.05) is 0 Å². The molecular formula is C11H23NO2S. The summed E-state index contributed by atoms with van der Waals surface area (Å²) in [5.74, 6) is 0.688. The van der Waals surface area contributed by atoms with Gasteiger partial charge in [-0.05, 0) is 53.0 Å². The van der Waals surface area contributed by atoms with E-state index in [1.807, 2.05) is 0 Å². The minimum absolute atomic E-state index is 0.338. The first-order chi connectivity index (χ1) is 6.72. The van der Waals surface area contributed by atoms with Gasteiger partial charge in [-0.25, -0.2) is 8.42 Å². The van der Waals surface area contributed by atoms with Gasteiger partial charge in [0.2, 0.25) is 0 Å². The van der Waals surface area contributed by atoms with Crippen LogP contribution in [-0.2, 0) is 9.84 Å². The van der Waals surface area contributed by atoms with E-state index in [1.165, 1.54) is 0 Å². The third-order valence-corrected chi connectivity index (χ3v) is 5.90. The molecule has 0 saturated carbocycles. The lowest BCUT2D eigenvalue weighted by Gasteiger charge is -2.30. The lowest BCUT2D eigenvalue weighted by Crippen LogP contribution is -2.40. The Hall–Kier alpha value is -0.0900. The predicted molar refractivity (Wildman–Crippen MR) is 63.7 cm³/mol. The molecule has 0 aliphatic carbocycles. The van der Waals surface area contributed by atoms with E-state index < -0.39 is 14.6 Å². The van der Waals surface area contributed by atoms with Gasteiger partial charge in [-0.2, -0.15) is 0 Å². The molecule has 1 aliphatic rings. The van der Waals surface area contributed by atoms with E-state index in [1.54, 1.807) is 20.8 Å². The summed E-state index contributed by atoms with van der Waals surface area (Å²) < 4.78 is 23.4. The molecule has 0 spiro atoms. The van der Waals surface area contributed by atoms with Crippen LogP contribution in [0, 0.1) is 5.92 Å². The van der Waals surface area contributed by atoms with Crippen LogP contribution < -0.4 is 5.32 Å². The number of sulfone groups is 1. The van der Waals surface area contributed by atoms with Gasteiger partial charge in [-0.15, -0.1) is 0 Å². The minimum Gasteiger partial charge on any atom is -0.314 e. The van der Waals surface area contributed by atoms with E-state index in [0.29, 0.717) is 17.7 Å². The van der Waals surface area contributed by atoms with Gasteiger partial charge in [0, 0.05) is 6.04 Å². The summed E-state index contributed by atoms with van der Waals surface area (Å²) in [4.78, 5) is 0. The predicted octanol–water partition coefficient (Wildman–Crippen LogP) is 1.59. The fourth-order valence-electron chi connectivity index (χ4n) is 1.95. The standard InChI is InChI=1S/C11H23NO2S/c1-9-7-10(5-6-12-9)8-15(13,14)11(2,3)4/h9-10,12H,5-8H2,1-4H3. The molecule has 0 bridgehead atoms. The zero-order chi connectivity index (χ0) is 11.7. The maximum absolute atomic E-state index is 12.0. The van der Waals surface area contributed by atoms with Crippen LogP contribution in [0.2, 0.25) is 0 Å². The fourth-order valence-corrected chi connectivity index (χ4v) is 3.37. The topological polar surface area (TPSA) is 46.2 Å². The average Bonchev–Trinajstić information content (AvgIpc) is 2.00. The maximum Gasteiger partial charge on any atom is 0.155 e. The van der Waals surface area contributed by atoms with Crippen molar-refractivity contribution < 1.29 is 8.42 Å². The Bertz CT molecular complexity index is 303. The highest BCUT2D eigenvalue weighted by atomic mass is 32.2. The van der Waals surface area contributed by atoms with E-state index in [0.717, 1.165) is 19.4 Å². The molecule has 1 rings (SSSR count). The van der Waals surface area contributed by atoms with Crippen molar-refractivity contribution in [3.63, 3.8) is 0 Å². The molecule has 0 amide bonds. The second-order valence-electron chi connectivity index (χ2n) is 5.64. The highest BCUT2D eigenvalue weighted by molar-refractivity contribution is 7.92. The molecule has 1 saturated heterocycles. The van der Waals surface area contributed by atoms with Crippen molar-refractivity contribution in [2.75, 3.05) is 12.3 Å². The van der Waals surface area contributed by atoms with Gasteiger partial charge in [0.25, 0.3) is 0 Å². The third-order valence-electron chi connectivity index (χ3n) is 3.12. The van der Waals surface area contributed by atoms with Crippen LogP contribution in [0.15, 0.2) is 0 Å². The highest BCUT2D eigenvalue weighted by Gasteiger charge is 2.32. The van der Waals surface area contributed by atoms with E-state index in [-0.39, 0.29) is 0 Å². The first-order valence-corrected chi connectivity index (χ1v) is 7.33. The van der Waals surface area contributed by atoms with E-state index in [9.17, 15) is 8.42 Å². The summed E-state index contributed by atoms with van der Waals surface area (Å²) >= 11 is 0. The molecule has 0 radical (unpaired) electrons. The molecule has 2 unspecified atom stereocenters. The molecule has 1 N–H and O–H groups in total. The van der Waals surface area contributed by atoms with Crippen molar-refractivity contribution in [1.82, 2.24) is 5.32 Å². The Kier molecular flexibility index (Phi) is 3.82. The van der Waals surface area contributed by atoms with Crippen molar-refractivity contribution in [2.45, 2.75) is 51.3 Å². The molecule has 1 heterocycles. The summed E-state index contributed by atoms with van der Waals surface area (Å²) in [7, 11) is -2.95. The summed E-state index contributed by atoms with van der Waals surface area (Å²) in [6, 6.07) is 0.457. The molecule has 0 aromatic heterocycles. The summed E-state index contributed by atoms with van der Waals surface area (Å²) in [6.07, 6.45) is 1.97. The molecule has 0 aromatic rings. The Morgan fingerprint density at radius 3 is 2.40 bits per heavy atom. The summed E-state index contributed by atoms with van der Waals surface area (Å²) in [5.41, 5.74) is 0. The molecule has 3 nitrogen and oxygen atoms in total. The molecule has 0 aromatic carbocycles. The van der Waals surface area contributed by atoms with Crippen LogP contribution in [0.4, 0.5) is 0 Å². The number of nitrogens with one attached hydrogen (secondary N) is 1. The largest absolute Gasteiger partial charge is 0.314 e. The Morgan fingerprint density at radius 1 is 1.33 bits per heavy atom. The lowest BCUT2D eigenvalue weighted by molar-refractivity contribution is 0.335. The molecule has 4 heteroatoms. The molecule has 1 aliphatic heterocycles. The normalized spacial score (nSPS) is 29.1. The van der Waals surface area contributed by atoms with Crippen LogP contribution in [0.1, 0.15) is 40.5 Å². The van der Waals surface area contributed by atoms with Gasteiger partial charge >= 0.3 is 0 Å². The first-order valence-electron chi connectivity index (χ1n) is 5.68. The van der Waals surface area contributed by atoms with Crippen LogP contribution in [-0.4, -0.2) is 31.5 Å². The molecule has 15 heavy (non-hydrogen) atoms. The first kappa shape index (κ1) is 13.0. The van der Waals surface area contributed by atoms with Gasteiger partial charge < -0.3 is 5.32 Å². The van der Waals surface area contributed by atoms with Crippen molar-refractivity contribution in [2.24, 2.45) is 5.92 Å². The van der Waals surface area contributed by atoms with E-state index in [2.05, 4.69) is 12.2 Å². The SMILES string of the molecule is CC1CC(CS(=O)(=O)C(C)(C)C)CCN1. The molecular weight excluding hydrogens is 210 g/mol. The number of rotatable bonds is 2. The zero-order valence-electron chi connectivity index (χ0n) is 10.2. The molecule has 2 atom stereocenters. The van der Waals surface area contributed by atoms with Crippen molar-refractivity contribution >= 4 is 9.84 Å². The average molecular weight is 233 g/mol. The fraction of sp³-hybridized carbons (Fsp3) is 1.00. The van der Waals surface area contributed by atoms with E-state index >= 15 is 0 Å². The van der Waals surface area contributed by atoms with Gasteiger partial charge in [0.15, 0.2) is 9.84 Å². The monoisotopic (exact) mass is 233 g/mol. The van der Waals surface area contributed by atoms with Crippen LogP contribution in [0.3, 0.4) is 0 Å². The smallest absolute Gasteiger partial charge is 0.155 e. The lowest BCUT2D eigenvalue weighted by atomic mass is 9.95. The van der Waals surface area contributed by atoms with Crippen molar-refractivity contribution in [1.29, 1.82) is 0 Å². The maximum atomic E-state index is 12.0. The third kappa shape index (κ3) is 3.45. The zero-order valence-corrected chi connectivity index (χ0v) is 11.0. The second kappa shape index (κ2) is 4.42. The molecule has 1 fully saturated rings. The van der Waals surface area contributed by atoms with E-state index in [4.69, 9.17) is 0 Å². The number of hydrogen-bond acceptors (Lipinski definition) is 3. The number of piperidine rings is 1. The summed E-state index contributed by atoms with van der Waals surface area (Å²) in [5, 5.41) is 3.34. The Morgan fingerprint density at radius 2 is 1.93 bits per heavy atom. The summed E-state index contributed by atoms with van der Waals surface area (Å²) in [6.45, 7) is 8.42. The minimum atomic E-state index is -2.95. The van der Waals surface area contributed by atoms with Gasteiger partial charge in [-0.3, -0.25) is 0 Å². The highest BCUT2D eigenvalue weighted by Crippen LogP contribution is 2.24. The van der Waals surface area contributed by atoms with Crippen molar-refractivity contribution in [3.8, 4) is 0 Å². The van der Waals surface area contributed by atoms with Crippen LogP contribution >= 0.6 is 0 Å². The van der Waals surface area contributed by atoms with Crippen LogP contribution in [0.25, 0.3) is 0 Å². The quantitative estimate of drug-likeness (QED) is 0.788.